The second-order valence-corrected chi connectivity index (χ2v) is 6.55. The normalized spacial score (nSPS) is 13.7. The summed E-state index contributed by atoms with van der Waals surface area (Å²) in [7, 11) is 0. The molecule has 3 rings (SSSR count). The number of pyridine rings is 1. The van der Waals surface area contributed by atoms with Crippen LogP contribution in [-0.4, -0.2) is 4.98 Å². The van der Waals surface area contributed by atoms with E-state index in [1.807, 2.05) is 12.3 Å². The molecule has 0 radical (unpaired) electrons. The third-order valence-electron chi connectivity index (χ3n) is 3.32. The molecule has 4 heteroatoms. The predicted octanol–water partition coefficient (Wildman–Crippen LogP) is 4.95. The Morgan fingerprint density at radius 2 is 1.94 bits per heavy atom. The fourth-order valence-electron chi connectivity index (χ4n) is 2.39. The molecule has 0 N–H and O–H groups in total. The molecule has 1 nitrogen and oxygen atoms in total. The average molecular weight is 388 g/mol. The first kappa shape index (κ1) is 12.6. The van der Waals surface area contributed by atoms with Crippen molar-refractivity contribution in [1.82, 2.24) is 4.98 Å². The minimum atomic E-state index is 0.786. The van der Waals surface area contributed by atoms with E-state index < -0.39 is 0 Å². The maximum absolute atomic E-state index is 6.17. The smallest absolute Gasteiger partial charge is 0.0551 e. The van der Waals surface area contributed by atoms with Gasteiger partial charge in [0.05, 0.1) is 5.02 Å². The standard InChI is InChI=1S/C14H10Br2ClN/c15-10-5-9-1-3-11-8(6-13(9)18-7-10)2-4-12(17)14(11)16/h2,4-5,7H,1,3,6H2. The zero-order valence-corrected chi connectivity index (χ0v) is 13.4. The molecule has 1 aromatic heterocycles. The Morgan fingerprint density at radius 1 is 1.11 bits per heavy atom. The number of nitrogens with zero attached hydrogens (tertiary/aromatic N) is 1. The van der Waals surface area contributed by atoms with Crippen molar-refractivity contribution in [2.24, 2.45) is 0 Å². The van der Waals surface area contributed by atoms with E-state index in [9.17, 15) is 0 Å². The topological polar surface area (TPSA) is 12.9 Å². The molecule has 0 unspecified atom stereocenters. The third kappa shape index (κ3) is 2.24. The van der Waals surface area contributed by atoms with Crippen molar-refractivity contribution in [2.75, 3.05) is 0 Å². The second-order valence-electron chi connectivity index (χ2n) is 4.44. The van der Waals surface area contributed by atoms with Crippen LogP contribution in [0.25, 0.3) is 0 Å². The molecular formula is C14H10Br2ClN. The molecule has 1 heterocycles. The van der Waals surface area contributed by atoms with Crippen molar-refractivity contribution in [3.8, 4) is 0 Å². The SMILES string of the molecule is Clc1ccc2c(c1Br)CCc1cc(Br)cnc1C2. The van der Waals surface area contributed by atoms with Gasteiger partial charge in [0.2, 0.25) is 0 Å². The highest BCUT2D eigenvalue weighted by Gasteiger charge is 2.17. The zero-order valence-electron chi connectivity index (χ0n) is 9.51. The molecule has 0 amide bonds. The summed E-state index contributed by atoms with van der Waals surface area (Å²) in [4.78, 5) is 4.53. The molecule has 18 heavy (non-hydrogen) atoms. The van der Waals surface area contributed by atoms with Crippen LogP contribution in [0.5, 0.6) is 0 Å². The van der Waals surface area contributed by atoms with Gasteiger partial charge < -0.3 is 0 Å². The van der Waals surface area contributed by atoms with E-state index in [2.05, 4.69) is 49.0 Å². The number of fused-ring (bicyclic) bond motifs is 2. The monoisotopic (exact) mass is 385 g/mol. The highest BCUT2D eigenvalue weighted by molar-refractivity contribution is 9.10. The van der Waals surface area contributed by atoms with Crippen molar-refractivity contribution in [1.29, 1.82) is 0 Å². The minimum Gasteiger partial charge on any atom is -0.259 e. The largest absolute Gasteiger partial charge is 0.259 e. The first-order valence-corrected chi connectivity index (χ1v) is 7.70. The Bertz CT molecular complexity index is 625. The van der Waals surface area contributed by atoms with Gasteiger partial charge in [-0.05, 0) is 73.5 Å². The van der Waals surface area contributed by atoms with Crippen LogP contribution in [0.1, 0.15) is 22.4 Å². The maximum atomic E-state index is 6.17. The number of hydrogen-bond acceptors (Lipinski definition) is 1. The highest BCUT2D eigenvalue weighted by atomic mass is 79.9. The quantitative estimate of drug-likeness (QED) is 0.623. The van der Waals surface area contributed by atoms with Crippen LogP contribution < -0.4 is 0 Å². The summed E-state index contributed by atoms with van der Waals surface area (Å²) < 4.78 is 2.08. The lowest BCUT2D eigenvalue weighted by Crippen LogP contribution is -1.96. The van der Waals surface area contributed by atoms with E-state index in [1.165, 1.54) is 22.4 Å². The summed E-state index contributed by atoms with van der Waals surface area (Å²) in [5, 5.41) is 0.786. The van der Waals surface area contributed by atoms with Gasteiger partial charge in [0.15, 0.2) is 0 Å². The van der Waals surface area contributed by atoms with Gasteiger partial charge in [0.25, 0.3) is 0 Å². The molecule has 1 aromatic carbocycles. The lowest BCUT2D eigenvalue weighted by atomic mass is 10.0. The van der Waals surface area contributed by atoms with Gasteiger partial charge in [-0.15, -0.1) is 0 Å². The van der Waals surface area contributed by atoms with Crippen LogP contribution >= 0.6 is 43.5 Å². The van der Waals surface area contributed by atoms with Crippen LogP contribution in [0.3, 0.4) is 0 Å². The van der Waals surface area contributed by atoms with Gasteiger partial charge >= 0.3 is 0 Å². The molecular weight excluding hydrogens is 377 g/mol. The Labute approximate surface area is 128 Å². The summed E-state index contributed by atoms with van der Waals surface area (Å²) in [5.41, 5.74) is 5.13. The van der Waals surface area contributed by atoms with Crippen molar-refractivity contribution < 1.29 is 0 Å². The van der Waals surface area contributed by atoms with Crippen molar-refractivity contribution >= 4 is 43.5 Å². The molecule has 0 saturated carbocycles. The first-order chi connectivity index (χ1) is 8.65. The van der Waals surface area contributed by atoms with E-state index >= 15 is 0 Å². The lowest BCUT2D eigenvalue weighted by molar-refractivity contribution is 0.946. The fourth-order valence-corrected chi connectivity index (χ4v) is 3.53. The lowest BCUT2D eigenvalue weighted by Gasteiger charge is -2.09. The van der Waals surface area contributed by atoms with Gasteiger partial charge in [-0.25, -0.2) is 0 Å². The Hall–Kier alpha value is -0.380. The zero-order chi connectivity index (χ0) is 12.7. The number of hydrogen-bond donors (Lipinski definition) is 0. The minimum absolute atomic E-state index is 0.786. The van der Waals surface area contributed by atoms with Crippen LogP contribution in [0.2, 0.25) is 5.02 Å². The predicted molar refractivity (Wildman–Crippen MR) is 81.3 cm³/mol. The summed E-state index contributed by atoms with van der Waals surface area (Å²) >= 11 is 13.2. The summed E-state index contributed by atoms with van der Waals surface area (Å²) in [6.07, 6.45) is 4.76. The van der Waals surface area contributed by atoms with E-state index in [0.717, 1.165) is 33.2 Å². The van der Waals surface area contributed by atoms with E-state index in [4.69, 9.17) is 11.6 Å². The Morgan fingerprint density at radius 3 is 2.78 bits per heavy atom. The fraction of sp³-hybridized carbons (Fsp3) is 0.214. The summed E-state index contributed by atoms with van der Waals surface area (Å²) in [6, 6.07) is 6.24. The van der Waals surface area contributed by atoms with Crippen molar-refractivity contribution in [3.63, 3.8) is 0 Å². The molecule has 2 aromatic rings. The molecule has 1 aliphatic carbocycles. The van der Waals surface area contributed by atoms with Gasteiger partial charge in [-0.1, -0.05) is 17.7 Å². The first-order valence-electron chi connectivity index (χ1n) is 5.74. The molecule has 0 aliphatic heterocycles. The van der Waals surface area contributed by atoms with E-state index in [-0.39, 0.29) is 0 Å². The molecule has 0 spiro atoms. The second kappa shape index (κ2) is 4.95. The van der Waals surface area contributed by atoms with Crippen molar-refractivity contribution in [2.45, 2.75) is 19.3 Å². The molecule has 0 atom stereocenters. The number of aryl methyl sites for hydroxylation is 1. The van der Waals surface area contributed by atoms with E-state index in [1.54, 1.807) is 0 Å². The molecule has 1 aliphatic rings. The van der Waals surface area contributed by atoms with Gasteiger partial charge in [0.1, 0.15) is 0 Å². The van der Waals surface area contributed by atoms with Crippen LogP contribution in [0.15, 0.2) is 33.3 Å². The van der Waals surface area contributed by atoms with Crippen LogP contribution in [0, 0.1) is 0 Å². The average Bonchev–Trinajstić information content (AvgIpc) is 2.53. The van der Waals surface area contributed by atoms with Crippen molar-refractivity contribution in [3.05, 3.63) is 60.7 Å². The third-order valence-corrected chi connectivity index (χ3v) is 5.20. The van der Waals surface area contributed by atoms with E-state index in [0.29, 0.717) is 0 Å². The van der Waals surface area contributed by atoms with Gasteiger partial charge in [-0.3, -0.25) is 4.98 Å². The molecule has 92 valence electrons. The highest BCUT2D eigenvalue weighted by Crippen LogP contribution is 2.33. The van der Waals surface area contributed by atoms with Crippen LogP contribution in [-0.2, 0) is 19.3 Å². The van der Waals surface area contributed by atoms with Gasteiger partial charge in [-0.2, -0.15) is 0 Å². The number of rotatable bonds is 0. The molecule has 0 bridgehead atoms. The summed E-state index contributed by atoms with van der Waals surface area (Å²) in [5.74, 6) is 0. The van der Waals surface area contributed by atoms with Crippen LogP contribution in [0.4, 0.5) is 0 Å². The number of benzene rings is 1. The maximum Gasteiger partial charge on any atom is 0.0551 e. The number of halogens is 3. The Balaban J connectivity index is 2.11. The molecule has 0 saturated heterocycles. The molecule has 0 fully saturated rings. The number of aromatic nitrogens is 1. The Kier molecular flexibility index (Phi) is 3.48. The van der Waals surface area contributed by atoms with Gasteiger partial charge in [0, 0.05) is 27.3 Å². The summed E-state index contributed by atoms with van der Waals surface area (Å²) in [6.45, 7) is 0.